The largest absolute Gasteiger partial charge is 0.480 e. The van der Waals surface area contributed by atoms with Crippen molar-refractivity contribution in [2.75, 3.05) is 145 Å². The van der Waals surface area contributed by atoms with Crippen molar-refractivity contribution in [3.63, 3.8) is 0 Å². The van der Waals surface area contributed by atoms with Crippen molar-refractivity contribution in [1.82, 2.24) is 35.6 Å². The minimum Gasteiger partial charge on any atom is -0.480 e. The third kappa shape index (κ3) is 37.4. The number of rotatable bonds is 29. The smallest absolute Gasteiger partial charge is 0.317 e. The number of aliphatic carboxylic acids is 3. The highest BCUT2D eigenvalue weighted by Gasteiger charge is 2.20. The predicted molar refractivity (Wildman–Crippen MR) is 243 cm³/mol. The van der Waals surface area contributed by atoms with E-state index in [1.54, 1.807) is 14.7 Å². The Labute approximate surface area is 380 Å². The molecule has 0 bridgehead atoms. The van der Waals surface area contributed by atoms with Gasteiger partial charge in [-0.15, -0.1) is 0 Å². The van der Waals surface area contributed by atoms with Gasteiger partial charge < -0.3 is 59.8 Å². The minimum atomic E-state index is -0.992. The average Bonchev–Trinajstić information content (AvgIpc) is 3.22. The second-order valence-corrected chi connectivity index (χ2v) is 15.9. The van der Waals surface area contributed by atoms with Crippen molar-refractivity contribution >= 4 is 36.4 Å². The molecule has 0 spiro atoms. The molecule has 368 valence electrons. The summed E-state index contributed by atoms with van der Waals surface area (Å²) in [5.74, 6) is -2.86. The number of carbonyl (C=O) groups excluding carboxylic acids is 3. The van der Waals surface area contributed by atoms with Crippen LogP contribution in [0.15, 0.2) is 24.3 Å². The quantitative estimate of drug-likeness (QED) is 0.0458. The Hall–Kier alpha value is -3.96. The van der Waals surface area contributed by atoms with Crippen molar-refractivity contribution < 1.29 is 63.0 Å². The van der Waals surface area contributed by atoms with Gasteiger partial charge in [-0.05, 0) is 31.5 Å². The number of hydrogen-bond donors (Lipinski definition) is 6. The summed E-state index contributed by atoms with van der Waals surface area (Å²) in [5.41, 5.74) is 2.35. The van der Waals surface area contributed by atoms with Gasteiger partial charge in [0.1, 0.15) is 19.2 Å². The minimum absolute atomic E-state index is 0.0266. The Morgan fingerprint density at radius 2 is 1.08 bits per heavy atom. The van der Waals surface area contributed by atoms with Crippen molar-refractivity contribution in [1.29, 1.82) is 0 Å². The SMILES string of the molecule is CC(C)C=O.CNCCOCCOCCOCCOCC(=O)NCc1cccc(CC(C)NC(C)C)c1.O=CCN1CCN(CC(=O)O)CCN(CC(=O)O)CCN(CC(=O)O)CC1. The van der Waals surface area contributed by atoms with Gasteiger partial charge >= 0.3 is 17.9 Å². The molecule has 1 heterocycles. The number of amides is 1. The van der Waals surface area contributed by atoms with E-state index in [2.05, 4.69) is 48.9 Å². The normalized spacial score (nSPS) is 15.1. The van der Waals surface area contributed by atoms with Crippen LogP contribution in [0.3, 0.4) is 0 Å². The van der Waals surface area contributed by atoms with E-state index in [0.29, 0.717) is 117 Å². The van der Waals surface area contributed by atoms with Crippen LogP contribution >= 0.6 is 0 Å². The molecule has 0 aromatic heterocycles. The molecule has 1 aliphatic heterocycles. The number of aldehydes is 2. The molecule has 64 heavy (non-hydrogen) atoms. The van der Waals surface area contributed by atoms with Gasteiger partial charge in [0.2, 0.25) is 5.91 Å². The summed E-state index contributed by atoms with van der Waals surface area (Å²) in [6, 6.07) is 9.19. The molecule has 1 aromatic rings. The van der Waals surface area contributed by atoms with Crippen LogP contribution in [0.2, 0.25) is 0 Å². The lowest BCUT2D eigenvalue weighted by molar-refractivity contribution is -0.140. The fourth-order valence-electron chi connectivity index (χ4n) is 6.01. The summed E-state index contributed by atoms with van der Waals surface area (Å²) >= 11 is 0. The van der Waals surface area contributed by atoms with E-state index in [-0.39, 0.29) is 44.6 Å². The third-order valence-electron chi connectivity index (χ3n) is 9.10. The summed E-state index contributed by atoms with van der Waals surface area (Å²) in [4.78, 5) is 72.6. The molecule has 20 heteroatoms. The van der Waals surface area contributed by atoms with Crippen molar-refractivity contribution in [3.05, 3.63) is 35.4 Å². The Balaban J connectivity index is 0.00000113. The Kier molecular flexibility index (Phi) is 37.0. The van der Waals surface area contributed by atoms with Gasteiger partial charge in [-0.25, -0.2) is 0 Å². The number of benzene rings is 1. The second kappa shape index (κ2) is 39.4. The number of ether oxygens (including phenoxy) is 4. The number of nitrogens with zero attached hydrogens (tertiary/aromatic N) is 4. The highest BCUT2D eigenvalue weighted by molar-refractivity contribution is 5.77. The number of carboxylic acid groups (broad SMARTS) is 3. The number of nitrogens with one attached hydrogen (secondary N) is 3. The molecule has 2 rings (SSSR count). The maximum absolute atomic E-state index is 12.0. The lowest BCUT2D eigenvalue weighted by Gasteiger charge is -2.32. The van der Waals surface area contributed by atoms with Gasteiger partial charge in [-0.3, -0.25) is 38.8 Å². The van der Waals surface area contributed by atoms with Crippen molar-refractivity contribution in [2.45, 2.75) is 59.7 Å². The highest BCUT2D eigenvalue weighted by atomic mass is 16.6. The van der Waals surface area contributed by atoms with Crippen LogP contribution in [0.25, 0.3) is 0 Å². The Bertz CT molecular complexity index is 1380. The van der Waals surface area contributed by atoms with Crippen LogP contribution in [0.5, 0.6) is 0 Å². The van der Waals surface area contributed by atoms with E-state index in [4.69, 9.17) is 34.3 Å². The van der Waals surface area contributed by atoms with Crippen LogP contribution in [0.4, 0.5) is 0 Å². The summed E-state index contributed by atoms with van der Waals surface area (Å²) in [6.07, 6.45) is 2.64. The van der Waals surface area contributed by atoms with Gasteiger partial charge in [0.15, 0.2) is 0 Å². The summed E-state index contributed by atoms with van der Waals surface area (Å²) in [7, 11) is 1.89. The van der Waals surface area contributed by atoms with E-state index in [1.165, 1.54) is 5.56 Å². The van der Waals surface area contributed by atoms with Crippen molar-refractivity contribution in [2.24, 2.45) is 5.92 Å². The standard InChI is InChI=1S/C24H43N3O5.C16H28N4O7.C4H8O/c1-20(2)27-21(3)16-22-6-5-7-23(17-22)18-26-24(28)19-32-15-14-31-13-12-30-11-10-29-9-8-25-4;21-10-9-17-1-3-18(11-14(22)23)5-7-20(13-16(26)27)8-6-19(4-2-17)12-15(24)25;1-4(2)3-5/h5-7,17,20-21,25,27H,8-16,18-19H2,1-4H3,(H,26,28);10H,1-9,11-13H2,(H,22,23)(H,24,25)(H,26,27);3-4H,1-2H3. The van der Waals surface area contributed by atoms with E-state index in [1.807, 2.05) is 37.9 Å². The molecule has 0 radical (unpaired) electrons. The van der Waals surface area contributed by atoms with Gasteiger partial charge in [0, 0.05) is 83.4 Å². The molecule has 1 aliphatic rings. The molecule has 1 saturated heterocycles. The zero-order chi connectivity index (χ0) is 48.0. The van der Waals surface area contributed by atoms with Crippen LogP contribution < -0.4 is 16.0 Å². The molecular formula is C44H79N7O13. The maximum Gasteiger partial charge on any atom is 0.317 e. The van der Waals surface area contributed by atoms with Crippen LogP contribution in [-0.4, -0.2) is 228 Å². The van der Waals surface area contributed by atoms with Crippen LogP contribution in [-0.2, 0) is 60.7 Å². The molecule has 1 unspecified atom stereocenters. The summed E-state index contributed by atoms with van der Waals surface area (Å²) < 4.78 is 21.5. The molecule has 20 nitrogen and oxygen atoms in total. The van der Waals surface area contributed by atoms with Crippen LogP contribution in [0.1, 0.15) is 45.7 Å². The molecule has 1 atom stereocenters. The monoisotopic (exact) mass is 914 g/mol. The van der Waals surface area contributed by atoms with E-state index >= 15 is 0 Å². The Morgan fingerprint density at radius 3 is 1.48 bits per heavy atom. The molecule has 1 fully saturated rings. The van der Waals surface area contributed by atoms with Gasteiger partial charge in [-0.2, -0.15) is 0 Å². The highest BCUT2D eigenvalue weighted by Crippen LogP contribution is 2.09. The molecular weight excluding hydrogens is 835 g/mol. The van der Waals surface area contributed by atoms with E-state index < -0.39 is 17.9 Å². The predicted octanol–water partition coefficient (Wildman–Crippen LogP) is 0.0196. The lowest BCUT2D eigenvalue weighted by atomic mass is 10.0. The first-order valence-corrected chi connectivity index (χ1v) is 22.1. The summed E-state index contributed by atoms with van der Waals surface area (Å²) in [6.45, 7) is 18.1. The van der Waals surface area contributed by atoms with Gasteiger partial charge in [-0.1, -0.05) is 52.0 Å². The number of hydrogen-bond acceptors (Lipinski definition) is 16. The Morgan fingerprint density at radius 1 is 0.656 bits per heavy atom. The first-order valence-electron chi connectivity index (χ1n) is 22.1. The van der Waals surface area contributed by atoms with E-state index in [0.717, 1.165) is 31.1 Å². The third-order valence-corrected chi connectivity index (χ3v) is 9.10. The molecule has 6 N–H and O–H groups in total. The van der Waals surface area contributed by atoms with E-state index in [9.17, 15) is 28.8 Å². The van der Waals surface area contributed by atoms with Crippen molar-refractivity contribution in [3.8, 4) is 0 Å². The zero-order valence-corrected chi connectivity index (χ0v) is 39.2. The topological polar surface area (TPSA) is 249 Å². The average molecular weight is 914 g/mol. The fraction of sp³-hybridized carbons (Fsp3) is 0.727. The zero-order valence-electron chi connectivity index (χ0n) is 39.2. The maximum atomic E-state index is 12.0. The number of carbonyl (C=O) groups is 6. The fourth-order valence-corrected chi connectivity index (χ4v) is 6.01. The first kappa shape index (κ1) is 60.0. The van der Waals surface area contributed by atoms with Gasteiger partial charge in [0.25, 0.3) is 0 Å². The molecule has 0 saturated carbocycles. The molecule has 0 aliphatic carbocycles. The number of likely N-dealkylation sites (N-methyl/N-ethyl adjacent to an activating group) is 1. The molecule has 1 amide bonds. The lowest BCUT2D eigenvalue weighted by Crippen LogP contribution is -2.48. The van der Waals surface area contributed by atoms with Gasteiger partial charge in [0.05, 0.1) is 72.4 Å². The van der Waals surface area contributed by atoms with Crippen LogP contribution in [0, 0.1) is 5.92 Å². The molecule has 1 aromatic carbocycles. The second-order valence-electron chi connectivity index (χ2n) is 15.9. The first-order chi connectivity index (χ1) is 30.6. The number of carboxylic acids is 3. The summed E-state index contributed by atoms with van der Waals surface area (Å²) in [5, 5.41) is 36.6.